The minimum atomic E-state index is -4.21. The van der Waals surface area contributed by atoms with Gasteiger partial charge in [-0.1, -0.05) is 19.8 Å². The highest BCUT2D eigenvalue weighted by Crippen LogP contribution is 2.25. The fourth-order valence-corrected chi connectivity index (χ4v) is 2.55. The molecule has 0 unspecified atom stereocenters. The Morgan fingerprint density at radius 1 is 1.38 bits per heavy atom. The number of halogens is 3. The Morgan fingerprint density at radius 2 is 2.10 bits per heavy atom. The standard InChI is InChI=1S/C14H25F3N2O2/c1-11-4-3-5-12(8-11)21-9-13(20)18-6-7-19(2)10-14(15,16)17/h11-12H,3-10H2,1-2H3,(H,18,20)/t11-,12+/m1/s1. The van der Waals surface area contributed by atoms with E-state index in [-0.39, 0.29) is 31.7 Å². The van der Waals surface area contributed by atoms with Crippen LogP contribution in [0.1, 0.15) is 32.6 Å². The van der Waals surface area contributed by atoms with Crippen molar-refractivity contribution in [2.24, 2.45) is 5.92 Å². The second-order valence-electron chi connectivity index (χ2n) is 5.91. The van der Waals surface area contributed by atoms with Gasteiger partial charge in [-0.3, -0.25) is 9.69 Å². The highest BCUT2D eigenvalue weighted by molar-refractivity contribution is 5.77. The predicted molar refractivity (Wildman–Crippen MR) is 73.9 cm³/mol. The summed E-state index contributed by atoms with van der Waals surface area (Å²) in [7, 11) is 1.37. The number of carbonyl (C=O) groups excluding carboxylic acids is 1. The molecule has 0 radical (unpaired) electrons. The van der Waals surface area contributed by atoms with Crippen molar-refractivity contribution in [1.82, 2.24) is 10.2 Å². The Balaban J connectivity index is 2.08. The number of nitrogens with one attached hydrogen (secondary N) is 1. The molecule has 0 spiro atoms. The lowest BCUT2D eigenvalue weighted by Gasteiger charge is -2.26. The summed E-state index contributed by atoms with van der Waals surface area (Å²) in [5.74, 6) is 0.358. The zero-order valence-corrected chi connectivity index (χ0v) is 12.7. The van der Waals surface area contributed by atoms with E-state index in [1.54, 1.807) is 0 Å². The number of carbonyl (C=O) groups is 1. The summed E-state index contributed by atoms with van der Waals surface area (Å²) in [6.45, 7) is 1.54. The molecule has 1 fully saturated rings. The second-order valence-corrected chi connectivity index (χ2v) is 5.91. The lowest BCUT2D eigenvalue weighted by Crippen LogP contribution is -2.39. The van der Waals surface area contributed by atoms with Gasteiger partial charge in [-0.2, -0.15) is 13.2 Å². The SMILES string of the molecule is C[C@@H]1CCC[C@H](OCC(=O)NCCN(C)CC(F)(F)F)C1. The van der Waals surface area contributed by atoms with Gasteiger partial charge in [-0.25, -0.2) is 0 Å². The van der Waals surface area contributed by atoms with Crippen LogP contribution in [0.25, 0.3) is 0 Å². The molecular weight excluding hydrogens is 285 g/mol. The van der Waals surface area contributed by atoms with Crippen LogP contribution in [0.3, 0.4) is 0 Å². The second kappa shape index (κ2) is 8.58. The maximum absolute atomic E-state index is 12.1. The molecule has 0 aromatic heterocycles. The molecule has 0 heterocycles. The molecule has 1 saturated carbocycles. The molecule has 1 N–H and O–H groups in total. The first-order valence-corrected chi connectivity index (χ1v) is 7.40. The highest BCUT2D eigenvalue weighted by atomic mass is 19.4. The first kappa shape index (κ1) is 18.2. The zero-order valence-electron chi connectivity index (χ0n) is 12.7. The minimum absolute atomic E-state index is 0.0135. The van der Waals surface area contributed by atoms with Crippen LogP contribution in [0.2, 0.25) is 0 Å². The third kappa shape index (κ3) is 8.93. The van der Waals surface area contributed by atoms with Crippen LogP contribution in [0.4, 0.5) is 13.2 Å². The molecule has 4 nitrogen and oxygen atoms in total. The van der Waals surface area contributed by atoms with Gasteiger partial charge in [-0.05, 0) is 25.8 Å². The highest BCUT2D eigenvalue weighted by Gasteiger charge is 2.28. The molecule has 0 saturated heterocycles. The van der Waals surface area contributed by atoms with Gasteiger partial charge in [-0.15, -0.1) is 0 Å². The van der Waals surface area contributed by atoms with Crippen LogP contribution in [0.15, 0.2) is 0 Å². The number of hydrogen-bond acceptors (Lipinski definition) is 3. The van der Waals surface area contributed by atoms with Gasteiger partial charge >= 0.3 is 6.18 Å². The van der Waals surface area contributed by atoms with Gasteiger partial charge in [0.15, 0.2) is 0 Å². The van der Waals surface area contributed by atoms with Crippen molar-refractivity contribution in [3.63, 3.8) is 0 Å². The lowest BCUT2D eigenvalue weighted by atomic mass is 9.89. The molecule has 0 aromatic rings. The quantitative estimate of drug-likeness (QED) is 0.784. The van der Waals surface area contributed by atoms with Gasteiger partial charge in [0.25, 0.3) is 0 Å². The van der Waals surface area contributed by atoms with Gasteiger partial charge in [0.05, 0.1) is 12.6 Å². The molecule has 1 rings (SSSR count). The molecule has 21 heavy (non-hydrogen) atoms. The Hall–Kier alpha value is -0.820. The first-order valence-electron chi connectivity index (χ1n) is 7.40. The summed E-state index contributed by atoms with van der Waals surface area (Å²) in [5.41, 5.74) is 0. The predicted octanol–water partition coefficient (Wildman–Crippen LogP) is 2.19. The normalized spacial score (nSPS) is 23.3. The molecule has 0 bridgehead atoms. The van der Waals surface area contributed by atoms with E-state index in [1.165, 1.54) is 13.5 Å². The molecule has 2 atom stereocenters. The summed E-state index contributed by atoms with van der Waals surface area (Å²) in [6.07, 6.45) is 0.202. The van der Waals surface area contributed by atoms with Crippen LogP contribution < -0.4 is 5.32 Å². The van der Waals surface area contributed by atoms with E-state index in [1.807, 2.05) is 0 Å². The monoisotopic (exact) mass is 310 g/mol. The third-order valence-electron chi connectivity index (χ3n) is 3.60. The fourth-order valence-electron chi connectivity index (χ4n) is 2.55. The molecule has 1 aliphatic carbocycles. The van der Waals surface area contributed by atoms with Crippen LogP contribution in [-0.4, -0.2) is 56.4 Å². The van der Waals surface area contributed by atoms with Crippen LogP contribution >= 0.6 is 0 Å². The van der Waals surface area contributed by atoms with E-state index in [4.69, 9.17) is 4.74 Å². The van der Waals surface area contributed by atoms with Crippen molar-refractivity contribution < 1.29 is 22.7 Å². The average molecular weight is 310 g/mol. The number of alkyl halides is 3. The van der Waals surface area contributed by atoms with E-state index in [0.29, 0.717) is 5.92 Å². The van der Waals surface area contributed by atoms with Crippen molar-refractivity contribution in [3.05, 3.63) is 0 Å². The third-order valence-corrected chi connectivity index (χ3v) is 3.60. The molecule has 1 aliphatic rings. The van der Waals surface area contributed by atoms with Gasteiger partial charge in [0, 0.05) is 13.1 Å². The Morgan fingerprint density at radius 3 is 2.71 bits per heavy atom. The van der Waals surface area contributed by atoms with Crippen molar-refractivity contribution in [2.75, 3.05) is 33.3 Å². The maximum atomic E-state index is 12.1. The fraction of sp³-hybridized carbons (Fsp3) is 0.929. The first-order chi connectivity index (χ1) is 9.76. The van der Waals surface area contributed by atoms with E-state index in [9.17, 15) is 18.0 Å². The Labute approximate surface area is 124 Å². The van der Waals surface area contributed by atoms with E-state index in [0.717, 1.165) is 24.2 Å². The molecule has 1 amide bonds. The number of ether oxygens (including phenoxy) is 1. The van der Waals surface area contributed by atoms with Gasteiger partial charge in [0.1, 0.15) is 6.61 Å². The smallest absolute Gasteiger partial charge is 0.368 e. The summed E-state index contributed by atoms with van der Waals surface area (Å²) in [6, 6.07) is 0. The number of nitrogens with zero attached hydrogens (tertiary/aromatic N) is 1. The lowest BCUT2D eigenvalue weighted by molar-refractivity contribution is -0.142. The molecular formula is C14H25F3N2O2. The van der Waals surface area contributed by atoms with Crippen molar-refractivity contribution >= 4 is 5.91 Å². The maximum Gasteiger partial charge on any atom is 0.401 e. The molecule has 0 aromatic carbocycles. The zero-order chi connectivity index (χ0) is 15.9. The molecule has 124 valence electrons. The number of rotatable bonds is 7. The van der Waals surface area contributed by atoms with Crippen molar-refractivity contribution in [1.29, 1.82) is 0 Å². The minimum Gasteiger partial charge on any atom is -0.368 e. The topological polar surface area (TPSA) is 41.6 Å². The average Bonchev–Trinajstić information content (AvgIpc) is 2.34. The van der Waals surface area contributed by atoms with E-state index >= 15 is 0 Å². The molecule has 0 aliphatic heterocycles. The van der Waals surface area contributed by atoms with Gasteiger partial charge < -0.3 is 10.1 Å². The van der Waals surface area contributed by atoms with E-state index in [2.05, 4.69) is 12.2 Å². The van der Waals surface area contributed by atoms with Crippen LogP contribution in [-0.2, 0) is 9.53 Å². The number of likely N-dealkylation sites (N-methyl/N-ethyl adjacent to an activating group) is 1. The summed E-state index contributed by atoms with van der Waals surface area (Å²) < 4.78 is 41.9. The Kier molecular flexibility index (Phi) is 7.45. The summed E-state index contributed by atoms with van der Waals surface area (Å²) in [5, 5.41) is 2.58. The van der Waals surface area contributed by atoms with E-state index < -0.39 is 12.7 Å². The summed E-state index contributed by atoms with van der Waals surface area (Å²) >= 11 is 0. The number of hydrogen-bond donors (Lipinski definition) is 1. The Bertz CT molecular complexity index is 324. The summed E-state index contributed by atoms with van der Waals surface area (Å²) in [4.78, 5) is 12.7. The van der Waals surface area contributed by atoms with Crippen molar-refractivity contribution in [2.45, 2.75) is 44.9 Å². The van der Waals surface area contributed by atoms with Crippen molar-refractivity contribution in [3.8, 4) is 0 Å². The van der Waals surface area contributed by atoms with Crippen LogP contribution in [0, 0.1) is 5.92 Å². The van der Waals surface area contributed by atoms with Crippen LogP contribution in [0.5, 0.6) is 0 Å². The largest absolute Gasteiger partial charge is 0.401 e. The number of amides is 1. The molecule has 7 heteroatoms. The van der Waals surface area contributed by atoms with Gasteiger partial charge in [0.2, 0.25) is 5.91 Å².